The second kappa shape index (κ2) is 45.6. The number of pyridine rings is 3. The Labute approximate surface area is 824 Å². The number of nitrogens with two attached hydrogens (primary N) is 2. The van der Waals surface area contributed by atoms with Gasteiger partial charge in [0, 0.05) is 104 Å². The van der Waals surface area contributed by atoms with Gasteiger partial charge in [-0.1, -0.05) is 81.1 Å². The third kappa shape index (κ3) is 30.4. The SMILES string of the molecule is CN(c1cc(Br)ccc1[N+](=O)[O-])S(C)(=O)=O.CN1Cc2nc(Cl)cc(Cl)c2C1=O.Cc1ccc(N)c(N(C)S(C)(=O)=O)c1.Cc1ccc(Nc2cc(CC(=O)C3CC3)nc3c2C(=O)N(C)C3)c(N(C)S(C)(=O)=O)c1.Cc1ccc(Nc2cc(Cl)nc3c2C(=O)N(C)C3)c(N(C)S(C)(=O)=O)c1.Cc1ccc([N+](=O)[O-])c(N(C)S(C)(=O)=O)c1.Cc1ccc([N+](=O)[O-])c(N(C)S(C)(=O)=O)c1.NC(=O)C1CC1. The number of benzene rings is 6. The molecule has 2 aliphatic carbocycles. The lowest BCUT2D eigenvalue weighted by Crippen LogP contribution is -2.25. The predicted molar refractivity (Wildman–Crippen MR) is 539 cm³/mol. The van der Waals surface area contributed by atoms with Gasteiger partial charge in [0.05, 0.1) is 162 Å². The van der Waals surface area contributed by atoms with E-state index in [0.29, 0.717) is 119 Å². The molecular weight excluding hydrogens is 2050 g/mol. The van der Waals surface area contributed by atoms with Crippen LogP contribution in [0.5, 0.6) is 0 Å². The standard InChI is InChI=1S/C22H26N4O4S.C17H19ClN4O3S.2C9H12N2O4S.C9H14N2O2S.C8H9BrN2O4S.C8H6Cl2N2O.C4H7NO/c1-13-5-8-16(19(9-13)26(3)31(4,29)30)24-17-10-15(11-20(27)14-6-7-14)23-18-12-25(2)22(28)21(17)18;1-10-5-6-11(14(7-10)22(3)26(4,24)25)19-12-8-15(18)20-13-9-21(2)17(23)16(12)13;2*1-7-4-5-8(11(12)13)9(6-7)10(2)16(3,14)15;1-7-4-5-8(10)9(6-7)11(2)14(3,12)13;1-10(16(2,14)15)8-5-6(9)3-4-7(8)11(12)13;1-12-3-5-7(8(12)13)4(9)2-6(10)11-5;5-4(6)3-1-2-3/h5,8-10,14H,6-7,11-12H2,1-4H3,(H,23,24);5-8H,9H2,1-4H3,(H,19,20);2*4-6H,1-3H3;4-6H,10H2,1-3H3;3-5H,1-2H3;2H,3H2,1H3;3H,1-2H2,(H2,5,6). The second-order valence-corrected chi connectivity index (χ2v) is 46.9. The fourth-order valence-corrected chi connectivity index (χ4v) is 17.1. The fraction of sp³-hybridized carbons (Fsp3) is 0.349. The van der Waals surface area contributed by atoms with Gasteiger partial charge in [0.1, 0.15) is 33.2 Å². The number of hydrogen-bond acceptors (Lipinski definition) is 29. The largest absolute Gasteiger partial charge is 0.397 e. The molecule has 746 valence electrons. The highest BCUT2D eigenvalue weighted by atomic mass is 79.9. The van der Waals surface area contributed by atoms with Crippen molar-refractivity contribution in [3.63, 3.8) is 0 Å². The van der Waals surface area contributed by atoms with Crippen molar-refractivity contribution in [2.24, 2.45) is 17.6 Å². The van der Waals surface area contributed by atoms with E-state index in [0.717, 1.165) is 104 Å². The van der Waals surface area contributed by atoms with Gasteiger partial charge in [0.2, 0.25) is 66.0 Å². The maximum Gasteiger partial charge on any atom is 0.293 e. The van der Waals surface area contributed by atoms with E-state index >= 15 is 0 Å². The van der Waals surface area contributed by atoms with Crippen molar-refractivity contribution in [1.82, 2.24) is 29.7 Å². The quantitative estimate of drug-likeness (QED) is 0.0200. The van der Waals surface area contributed by atoms with Crippen LogP contribution < -0.4 is 47.9 Å². The maximum atomic E-state index is 12.8. The number of carbonyl (C=O) groups is 5. The fourth-order valence-electron chi connectivity index (χ4n) is 12.9. The van der Waals surface area contributed by atoms with Gasteiger partial charge in [-0.3, -0.25) is 85.1 Å². The molecule has 3 aliphatic heterocycles. The van der Waals surface area contributed by atoms with Crippen LogP contribution in [0.15, 0.2) is 132 Å². The van der Waals surface area contributed by atoms with Gasteiger partial charge in [0.15, 0.2) is 0 Å². The average Bonchev–Trinajstić information content (AvgIpc) is 1.62. The average molecular weight is 2150 g/mol. The van der Waals surface area contributed by atoms with Crippen LogP contribution in [0.1, 0.15) is 107 Å². The molecule has 2 fully saturated rings. The molecule has 42 nitrogen and oxygen atoms in total. The van der Waals surface area contributed by atoms with Crippen LogP contribution in [0.4, 0.5) is 79.6 Å². The molecule has 0 unspecified atom stereocenters. The van der Waals surface area contributed by atoms with Crippen LogP contribution in [0.2, 0.25) is 15.3 Å². The number of nitro groups is 3. The number of aromatic nitrogens is 3. The smallest absolute Gasteiger partial charge is 0.293 e. The molecule has 9 aromatic rings. The number of anilines is 11. The Morgan fingerprint density at radius 3 is 1.05 bits per heavy atom. The molecule has 0 atom stereocenters. The molecule has 6 N–H and O–H groups in total. The van der Waals surface area contributed by atoms with Crippen LogP contribution in [0.3, 0.4) is 0 Å². The summed E-state index contributed by atoms with van der Waals surface area (Å²) in [5.74, 6) is 0.00274. The van der Waals surface area contributed by atoms with E-state index in [-0.39, 0.29) is 86.9 Å². The third-order valence-corrected chi connectivity index (χ3v) is 29.6. The third-order valence-electron chi connectivity index (χ3n) is 21.3. The molecule has 14 rings (SSSR count). The predicted octanol–water partition coefficient (Wildman–Crippen LogP) is 12.6. The molecule has 3 aromatic heterocycles. The summed E-state index contributed by atoms with van der Waals surface area (Å²) in [6.07, 6.45) is 10.5. The summed E-state index contributed by atoms with van der Waals surface area (Å²) in [5.41, 5.74) is 22.3. The molecule has 0 radical (unpaired) electrons. The van der Waals surface area contributed by atoms with Crippen molar-refractivity contribution in [2.45, 2.75) is 86.4 Å². The molecule has 6 aromatic carbocycles. The molecule has 6 heterocycles. The summed E-state index contributed by atoms with van der Waals surface area (Å²) in [6.45, 7) is 10.4. The first-order chi connectivity index (χ1) is 63.5. The Balaban J connectivity index is 0.000000222. The number of primary amides is 1. The molecule has 138 heavy (non-hydrogen) atoms. The first-order valence-electron chi connectivity index (χ1n) is 40.9. The minimum absolute atomic E-state index is 0.0295. The van der Waals surface area contributed by atoms with E-state index in [1.54, 1.807) is 110 Å². The summed E-state index contributed by atoms with van der Waals surface area (Å²) < 4.78 is 146. The van der Waals surface area contributed by atoms with Gasteiger partial charge in [-0.15, -0.1) is 0 Å². The zero-order valence-electron chi connectivity index (χ0n) is 78.6. The topological polar surface area (TPSA) is 564 Å². The van der Waals surface area contributed by atoms with Crippen molar-refractivity contribution in [3.8, 4) is 0 Å². The van der Waals surface area contributed by atoms with Crippen LogP contribution in [-0.4, -0.2) is 225 Å². The highest BCUT2D eigenvalue weighted by Crippen LogP contribution is 2.41. The molecule has 5 aliphatic rings. The van der Waals surface area contributed by atoms with Crippen LogP contribution >= 0.6 is 50.7 Å². The Morgan fingerprint density at radius 1 is 0.413 bits per heavy atom. The summed E-state index contributed by atoms with van der Waals surface area (Å²) in [7, 11) is -7.29. The Morgan fingerprint density at radius 2 is 0.703 bits per heavy atom. The number of ketones is 1. The lowest BCUT2D eigenvalue weighted by atomic mass is 10.1. The molecule has 0 saturated heterocycles. The van der Waals surface area contributed by atoms with Crippen molar-refractivity contribution in [2.75, 3.05) is 143 Å². The lowest BCUT2D eigenvalue weighted by molar-refractivity contribution is -0.384. The zero-order valence-corrected chi connectivity index (χ0v) is 87.4. The number of hydrogen-bond donors (Lipinski definition) is 4. The van der Waals surface area contributed by atoms with Gasteiger partial charge >= 0.3 is 0 Å². The van der Waals surface area contributed by atoms with E-state index in [1.807, 2.05) is 39.0 Å². The molecular formula is C86H105BrCl3N19O23S6. The van der Waals surface area contributed by atoms with E-state index < -0.39 is 74.9 Å². The Hall–Kier alpha value is -12.2. The number of carbonyl (C=O) groups excluding carboxylic acids is 5. The van der Waals surface area contributed by atoms with E-state index in [1.165, 1.54) is 104 Å². The Kier molecular flexibility index (Phi) is 37.2. The first kappa shape index (κ1) is 113. The van der Waals surface area contributed by atoms with Crippen molar-refractivity contribution in [3.05, 3.63) is 245 Å². The minimum Gasteiger partial charge on any atom is -0.397 e. The number of halogens is 4. The number of amides is 4. The molecule has 2 saturated carbocycles. The highest BCUT2D eigenvalue weighted by molar-refractivity contribution is 9.10. The van der Waals surface area contributed by atoms with Crippen molar-refractivity contribution in [1.29, 1.82) is 0 Å². The van der Waals surface area contributed by atoms with Gasteiger partial charge < -0.3 is 36.8 Å². The monoisotopic (exact) mass is 2150 g/mol. The molecule has 0 bridgehead atoms. The summed E-state index contributed by atoms with van der Waals surface area (Å²) in [6, 6.07) is 33.7. The van der Waals surface area contributed by atoms with Gasteiger partial charge in [0.25, 0.3) is 34.8 Å². The van der Waals surface area contributed by atoms with E-state index in [9.17, 15) is 105 Å². The van der Waals surface area contributed by atoms with Crippen LogP contribution in [-0.2, 0) is 95.8 Å². The van der Waals surface area contributed by atoms with Gasteiger partial charge in [-0.25, -0.2) is 60.5 Å². The Bertz CT molecular complexity index is 6800. The van der Waals surface area contributed by atoms with Crippen LogP contribution in [0, 0.1) is 76.8 Å². The van der Waals surface area contributed by atoms with Gasteiger partial charge in [-0.05, 0) is 167 Å². The molecule has 0 spiro atoms. The van der Waals surface area contributed by atoms with Gasteiger partial charge in [-0.2, -0.15) is 0 Å². The number of nitrogen functional groups attached to an aromatic ring is 1. The minimum atomic E-state index is -3.52. The summed E-state index contributed by atoms with van der Waals surface area (Å²) in [4.78, 5) is 107. The van der Waals surface area contributed by atoms with E-state index in [2.05, 4.69) is 41.5 Å². The van der Waals surface area contributed by atoms with E-state index in [4.69, 9.17) is 46.3 Å². The number of sulfonamides is 6. The maximum absolute atomic E-state index is 12.8. The summed E-state index contributed by atoms with van der Waals surface area (Å²) >= 11 is 20.8. The van der Waals surface area contributed by atoms with Crippen molar-refractivity contribution >= 4 is 220 Å². The normalized spacial score (nSPS) is 13.5. The number of aryl methyl sites for hydroxylation is 5. The molecule has 4 amide bonds. The van der Waals surface area contributed by atoms with Crippen LogP contribution in [0.25, 0.3) is 0 Å². The lowest BCUT2D eigenvalue weighted by Gasteiger charge is -2.22. The highest BCUT2D eigenvalue weighted by Gasteiger charge is 2.37. The number of fused-ring (bicyclic) bond motifs is 3. The molecule has 52 heteroatoms. The number of rotatable bonds is 23. The second-order valence-electron chi connectivity index (χ2n) is 32.7. The zero-order chi connectivity index (χ0) is 104. The number of Topliss-reactive ketones (excluding diaryl/α,β-unsaturated/α-hetero) is 1. The summed E-state index contributed by atoms with van der Waals surface area (Å²) in [5, 5.41) is 39.6. The number of nitrogens with zero attached hydrogens (tertiary/aromatic N) is 15. The number of nitro benzene ring substituents is 3. The first-order valence-corrected chi connectivity index (χ1v) is 53.9. The number of nitrogens with one attached hydrogen (secondary N) is 2. The van der Waals surface area contributed by atoms with Crippen molar-refractivity contribution < 1.29 is 89.2 Å².